The van der Waals surface area contributed by atoms with Crippen molar-refractivity contribution in [2.75, 3.05) is 20.3 Å². The largest absolute Gasteiger partial charge is 0.394 e. The number of methoxy groups -OCH3 is 1. The lowest BCUT2D eigenvalue weighted by atomic mass is 10.1. The molecule has 0 aromatic rings. The summed E-state index contributed by atoms with van der Waals surface area (Å²) < 4.78 is 4.87. The van der Waals surface area contributed by atoms with E-state index in [4.69, 9.17) is 15.6 Å². The van der Waals surface area contributed by atoms with Crippen molar-refractivity contribution in [1.82, 2.24) is 5.32 Å². The highest BCUT2D eigenvalue weighted by Crippen LogP contribution is 2.01. The van der Waals surface area contributed by atoms with E-state index < -0.39 is 6.10 Å². The molecule has 0 heterocycles. The molecule has 0 saturated carbocycles. The molecule has 0 aliphatic heterocycles. The summed E-state index contributed by atoms with van der Waals surface area (Å²) in [6.45, 7) is 3.90. The number of aliphatic hydroxyl groups excluding tert-OH is 1. The summed E-state index contributed by atoms with van der Waals surface area (Å²) in [7, 11) is 1.43. The van der Waals surface area contributed by atoms with Gasteiger partial charge in [-0.05, 0) is 5.92 Å². The molecule has 0 bridgehead atoms. The van der Waals surface area contributed by atoms with Crippen LogP contribution in [0.5, 0.6) is 0 Å². The number of rotatable bonds is 6. The predicted molar refractivity (Wildman–Crippen MR) is 53.7 cm³/mol. The summed E-state index contributed by atoms with van der Waals surface area (Å²) in [6, 6.07) is -0.244. The van der Waals surface area contributed by atoms with E-state index in [1.54, 1.807) is 0 Å². The standard InChI is InChI=1S/C9H20N2O3/c1-6(2)7(5-12)11-9(13)8(4-10)14-3/h6-8,12H,4-5,10H2,1-3H3,(H,11,13)/t7-,8?/m1/s1. The Bertz CT molecular complexity index is 169. The van der Waals surface area contributed by atoms with Crippen LogP contribution in [-0.4, -0.2) is 43.4 Å². The molecule has 5 nitrogen and oxygen atoms in total. The van der Waals surface area contributed by atoms with E-state index in [0.29, 0.717) is 0 Å². The van der Waals surface area contributed by atoms with Gasteiger partial charge >= 0.3 is 0 Å². The monoisotopic (exact) mass is 204 g/mol. The second-order valence-electron chi connectivity index (χ2n) is 3.50. The second kappa shape index (κ2) is 6.75. The molecule has 2 atom stereocenters. The molecule has 0 aliphatic rings. The molecule has 0 radical (unpaired) electrons. The van der Waals surface area contributed by atoms with Crippen LogP contribution in [0.1, 0.15) is 13.8 Å². The van der Waals surface area contributed by atoms with Crippen molar-refractivity contribution >= 4 is 5.91 Å². The van der Waals surface area contributed by atoms with Crippen molar-refractivity contribution in [2.45, 2.75) is 26.0 Å². The van der Waals surface area contributed by atoms with Crippen LogP contribution >= 0.6 is 0 Å². The fourth-order valence-corrected chi connectivity index (χ4v) is 1.01. The SMILES string of the molecule is COC(CN)C(=O)N[C@H](CO)C(C)C. The molecule has 1 unspecified atom stereocenters. The first-order valence-electron chi connectivity index (χ1n) is 4.70. The molecular formula is C9H20N2O3. The zero-order chi connectivity index (χ0) is 11.1. The van der Waals surface area contributed by atoms with E-state index in [9.17, 15) is 4.79 Å². The van der Waals surface area contributed by atoms with Crippen molar-refractivity contribution < 1.29 is 14.6 Å². The van der Waals surface area contributed by atoms with E-state index in [1.165, 1.54) is 7.11 Å². The van der Waals surface area contributed by atoms with Gasteiger partial charge in [-0.25, -0.2) is 0 Å². The van der Waals surface area contributed by atoms with Crippen LogP contribution in [0.25, 0.3) is 0 Å². The minimum Gasteiger partial charge on any atom is -0.394 e. The fourth-order valence-electron chi connectivity index (χ4n) is 1.01. The molecule has 0 aromatic carbocycles. The van der Waals surface area contributed by atoms with Crippen LogP contribution in [0.15, 0.2) is 0 Å². The third kappa shape index (κ3) is 4.04. The number of aliphatic hydroxyl groups is 1. The topological polar surface area (TPSA) is 84.6 Å². The molecule has 0 aliphatic carbocycles. The van der Waals surface area contributed by atoms with Crippen molar-refractivity contribution in [2.24, 2.45) is 11.7 Å². The highest BCUT2D eigenvalue weighted by molar-refractivity contribution is 5.81. The average Bonchev–Trinajstić information content (AvgIpc) is 2.15. The average molecular weight is 204 g/mol. The molecule has 4 N–H and O–H groups in total. The number of amides is 1. The normalized spacial score (nSPS) is 15.3. The van der Waals surface area contributed by atoms with Gasteiger partial charge in [-0.2, -0.15) is 0 Å². The van der Waals surface area contributed by atoms with E-state index in [0.717, 1.165) is 0 Å². The third-order valence-electron chi connectivity index (χ3n) is 2.12. The summed E-state index contributed by atoms with van der Waals surface area (Å²) in [5.74, 6) is -0.0954. The number of hydrogen-bond donors (Lipinski definition) is 3. The first kappa shape index (κ1) is 13.4. The van der Waals surface area contributed by atoms with Crippen LogP contribution < -0.4 is 11.1 Å². The first-order valence-corrected chi connectivity index (χ1v) is 4.70. The summed E-state index contributed by atoms with van der Waals surface area (Å²) in [5, 5.41) is 11.7. The maximum atomic E-state index is 11.5. The zero-order valence-corrected chi connectivity index (χ0v) is 8.99. The number of carbonyl (C=O) groups is 1. The summed E-state index contributed by atoms with van der Waals surface area (Å²) in [4.78, 5) is 11.5. The Morgan fingerprint density at radius 1 is 1.57 bits per heavy atom. The van der Waals surface area contributed by atoms with Crippen LogP contribution in [-0.2, 0) is 9.53 Å². The molecule has 0 saturated heterocycles. The van der Waals surface area contributed by atoms with Gasteiger partial charge in [0.15, 0.2) is 0 Å². The molecule has 0 rings (SSSR count). The first-order chi connectivity index (χ1) is 6.56. The number of nitrogens with two attached hydrogens (primary N) is 1. The molecule has 14 heavy (non-hydrogen) atoms. The van der Waals surface area contributed by atoms with E-state index in [-0.39, 0.29) is 31.0 Å². The Kier molecular flexibility index (Phi) is 6.44. The number of carbonyl (C=O) groups excluding carboxylic acids is 1. The number of hydrogen-bond acceptors (Lipinski definition) is 4. The van der Waals surface area contributed by atoms with Crippen molar-refractivity contribution in [3.8, 4) is 0 Å². The van der Waals surface area contributed by atoms with Crippen LogP contribution in [0.3, 0.4) is 0 Å². The predicted octanol–water partition coefficient (Wildman–Crippen LogP) is -0.907. The summed E-state index contributed by atoms with van der Waals surface area (Å²) in [6.07, 6.45) is -0.636. The van der Waals surface area contributed by atoms with Gasteiger partial charge in [0.25, 0.3) is 5.91 Å². The lowest BCUT2D eigenvalue weighted by Crippen LogP contribution is -2.48. The zero-order valence-electron chi connectivity index (χ0n) is 8.99. The minimum absolute atomic E-state index is 0.0790. The van der Waals surface area contributed by atoms with Gasteiger partial charge in [0.05, 0.1) is 12.6 Å². The third-order valence-corrected chi connectivity index (χ3v) is 2.12. The van der Waals surface area contributed by atoms with Gasteiger partial charge < -0.3 is 20.9 Å². The Hall–Kier alpha value is -0.650. The number of nitrogens with one attached hydrogen (secondary N) is 1. The maximum Gasteiger partial charge on any atom is 0.250 e. The highest BCUT2D eigenvalue weighted by Gasteiger charge is 2.20. The fraction of sp³-hybridized carbons (Fsp3) is 0.889. The molecule has 0 fully saturated rings. The van der Waals surface area contributed by atoms with Crippen LogP contribution in [0, 0.1) is 5.92 Å². The van der Waals surface area contributed by atoms with Crippen LogP contribution in [0.4, 0.5) is 0 Å². The van der Waals surface area contributed by atoms with Gasteiger partial charge in [-0.1, -0.05) is 13.8 Å². The molecule has 0 aromatic heterocycles. The van der Waals surface area contributed by atoms with E-state index in [1.807, 2.05) is 13.8 Å². The highest BCUT2D eigenvalue weighted by atomic mass is 16.5. The molecule has 1 amide bonds. The lowest BCUT2D eigenvalue weighted by molar-refractivity contribution is -0.131. The van der Waals surface area contributed by atoms with Crippen LogP contribution in [0.2, 0.25) is 0 Å². The molecule has 0 spiro atoms. The maximum absolute atomic E-state index is 11.5. The van der Waals surface area contributed by atoms with Gasteiger partial charge in [0.2, 0.25) is 0 Å². The molecule has 84 valence electrons. The number of ether oxygens (including phenoxy) is 1. The Labute approximate surface area is 84.6 Å². The Morgan fingerprint density at radius 3 is 2.43 bits per heavy atom. The van der Waals surface area contributed by atoms with Gasteiger partial charge in [-0.3, -0.25) is 4.79 Å². The summed E-state index contributed by atoms with van der Waals surface area (Å²) >= 11 is 0. The van der Waals surface area contributed by atoms with Gasteiger partial charge in [-0.15, -0.1) is 0 Å². The van der Waals surface area contributed by atoms with E-state index in [2.05, 4.69) is 5.32 Å². The van der Waals surface area contributed by atoms with E-state index >= 15 is 0 Å². The van der Waals surface area contributed by atoms with Crippen molar-refractivity contribution in [3.63, 3.8) is 0 Å². The van der Waals surface area contributed by atoms with Gasteiger partial charge in [0.1, 0.15) is 6.10 Å². The quantitative estimate of drug-likeness (QED) is 0.523. The van der Waals surface area contributed by atoms with Crippen molar-refractivity contribution in [3.05, 3.63) is 0 Å². The van der Waals surface area contributed by atoms with Gasteiger partial charge in [0, 0.05) is 13.7 Å². The second-order valence-corrected chi connectivity index (χ2v) is 3.50. The molecular weight excluding hydrogens is 184 g/mol. The summed E-state index contributed by atoms with van der Waals surface area (Å²) in [5.41, 5.74) is 5.33. The molecule has 5 heteroatoms. The van der Waals surface area contributed by atoms with Crippen molar-refractivity contribution in [1.29, 1.82) is 0 Å². The lowest BCUT2D eigenvalue weighted by Gasteiger charge is -2.22. The Balaban J connectivity index is 4.13. The Morgan fingerprint density at radius 2 is 2.14 bits per heavy atom. The smallest absolute Gasteiger partial charge is 0.250 e. The minimum atomic E-state index is -0.636.